The highest BCUT2D eigenvalue weighted by molar-refractivity contribution is 6.23. The summed E-state index contributed by atoms with van der Waals surface area (Å²) in [7, 11) is 1.76. The number of hydrogen-bond donors (Lipinski definition) is 2. The first-order valence-corrected chi connectivity index (χ1v) is 19.3. The maximum Gasteiger partial charge on any atom is 0.262 e. The van der Waals surface area contributed by atoms with Crippen LogP contribution in [0.1, 0.15) is 72.1 Å². The maximum atomic E-state index is 13.3. The first kappa shape index (κ1) is 37.4. The van der Waals surface area contributed by atoms with Crippen LogP contribution in [0.5, 0.6) is 0 Å². The molecule has 0 spiro atoms. The van der Waals surface area contributed by atoms with Gasteiger partial charge >= 0.3 is 0 Å². The van der Waals surface area contributed by atoms with Crippen molar-refractivity contribution >= 4 is 57.9 Å². The number of imide groups is 2. The van der Waals surface area contributed by atoms with Gasteiger partial charge < -0.3 is 29.2 Å². The molecule has 0 saturated carbocycles. The second-order valence-electron chi connectivity index (χ2n) is 14.9. The molecule has 4 aromatic rings. The third-order valence-corrected chi connectivity index (χ3v) is 11.1. The lowest BCUT2D eigenvalue weighted by molar-refractivity contribution is -0.136. The number of amides is 4. The zero-order valence-corrected chi connectivity index (χ0v) is 31.9. The molecular formula is C39H47N11O6. The lowest BCUT2D eigenvalue weighted by Gasteiger charge is -2.36. The third kappa shape index (κ3) is 7.53. The number of rotatable bonds is 12. The van der Waals surface area contributed by atoms with Gasteiger partial charge in [0.05, 0.1) is 35.6 Å². The normalized spacial score (nSPS) is 19.7. The number of imidazole rings is 1. The Balaban J connectivity index is 0.836. The first-order valence-electron chi connectivity index (χ1n) is 19.3. The Labute approximate surface area is 324 Å². The molecule has 1 aromatic carbocycles. The first-order chi connectivity index (χ1) is 27.2. The highest BCUT2D eigenvalue weighted by Crippen LogP contribution is 2.31. The van der Waals surface area contributed by atoms with Gasteiger partial charge in [0.15, 0.2) is 0 Å². The number of benzene rings is 1. The van der Waals surface area contributed by atoms with Crippen LogP contribution in [-0.4, -0.2) is 130 Å². The van der Waals surface area contributed by atoms with Gasteiger partial charge in [0.2, 0.25) is 17.8 Å². The second-order valence-corrected chi connectivity index (χ2v) is 14.9. The van der Waals surface area contributed by atoms with E-state index in [0.29, 0.717) is 30.8 Å². The number of piperazine rings is 1. The van der Waals surface area contributed by atoms with Crippen LogP contribution >= 0.6 is 0 Å². The standard InChI is InChI=1S/C39H47N11O6/c1-24(2)49-31-21-33(43-32-8-11-40-39(44-32)48-12-9-26(55-3)10-13-48)41-22-29(31)42-34(49)23-56-19-18-46-14-16-47(17-15-46)25-4-5-27-28(20-25)38(54)50(37(27)53)30-6-7-35(51)45-36(30)52/h4-5,8,11,20-22,24,26,30H,6-7,9-10,12-19,23H2,1-3H3,(H,45,51,52)(H,40,41,43,44). The Kier molecular flexibility index (Phi) is 10.6. The molecule has 294 valence electrons. The number of aromatic nitrogens is 5. The topological polar surface area (TPSA) is 180 Å². The minimum atomic E-state index is -0.980. The van der Waals surface area contributed by atoms with Crippen molar-refractivity contribution in [2.75, 3.05) is 74.6 Å². The number of anilines is 4. The molecule has 4 aliphatic heterocycles. The molecule has 1 atom stereocenters. The van der Waals surface area contributed by atoms with Gasteiger partial charge in [-0.2, -0.15) is 4.98 Å². The molecule has 17 nitrogen and oxygen atoms in total. The molecule has 2 N–H and O–H groups in total. The molecule has 3 fully saturated rings. The van der Waals surface area contributed by atoms with Crippen LogP contribution in [0.25, 0.3) is 11.0 Å². The summed E-state index contributed by atoms with van der Waals surface area (Å²) in [6.07, 6.45) is 5.94. The molecule has 3 aromatic heterocycles. The molecule has 0 bridgehead atoms. The van der Waals surface area contributed by atoms with Crippen molar-refractivity contribution in [2.45, 2.75) is 64.3 Å². The summed E-state index contributed by atoms with van der Waals surface area (Å²) in [6.45, 7) is 10.7. The number of ether oxygens (including phenoxy) is 2. The Bertz CT molecular complexity index is 2140. The number of carbonyl (C=O) groups excluding carboxylic acids is 4. The summed E-state index contributed by atoms with van der Waals surface area (Å²) < 4.78 is 13.9. The quantitative estimate of drug-likeness (QED) is 0.159. The zero-order chi connectivity index (χ0) is 38.9. The average molecular weight is 766 g/mol. The molecule has 56 heavy (non-hydrogen) atoms. The molecule has 0 radical (unpaired) electrons. The number of pyridine rings is 1. The van der Waals surface area contributed by atoms with Gasteiger partial charge in [0, 0.05) is 83.3 Å². The SMILES string of the molecule is COC1CCN(c2nccc(Nc3cc4c(cn3)nc(COCCN3CCN(c5ccc6c(c5)C(=O)N(C5CCC(=O)NC5=O)C6=O)CC3)n4C(C)C)n2)CC1. The number of nitrogens with one attached hydrogen (secondary N) is 2. The Morgan fingerprint density at radius 3 is 2.41 bits per heavy atom. The number of piperidine rings is 2. The van der Waals surface area contributed by atoms with Crippen molar-refractivity contribution < 1.29 is 28.7 Å². The van der Waals surface area contributed by atoms with E-state index in [2.05, 4.69) is 53.7 Å². The summed E-state index contributed by atoms with van der Waals surface area (Å²) in [5.41, 5.74) is 3.18. The summed E-state index contributed by atoms with van der Waals surface area (Å²) in [6, 6.07) is 8.27. The summed E-state index contributed by atoms with van der Waals surface area (Å²) in [5.74, 6) is 0.864. The van der Waals surface area contributed by atoms with Crippen LogP contribution < -0.4 is 20.4 Å². The fourth-order valence-corrected chi connectivity index (χ4v) is 8.03. The van der Waals surface area contributed by atoms with Gasteiger partial charge in [-0.15, -0.1) is 0 Å². The summed E-state index contributed by atoms with van der Waals surface area (Å²) >= 11 is 0. The lowest BCUT2D eigenvalue weighted by Crippen LogP contribution is -2.54. The molecule has 1 unspecified atom stereocenters. The van der Waals surface area contributed by atoms with Crippen molar-refractivity contribution in [2.24, 2.45) is 0 Å². The number of hydrogen-bond acceptors (Lipinski definition) is 14. The van der Waals surface area contributed by atoms with Crippen LogP contribution in [0.3, 0.4) is 0 Å². The predicted octanol–water partition coefficient (Wildman–Crippen LogP) is 2.90. The van der Waals surface area contributed by atoms with Gasteiger partial charge in [-0.3, -0.25) is 34.3 Å². The van der Waals surface area contributed by atoms with Crippen LogP contribution in [0.15, 0.2) is 42.7 Å². The number of nitrogens with zero attached hydrogens (tertiary/aromatic N) is 9. The van der Waals surface area contributed by atoms with E-state index in [0.717, 1.165) is 86.1 Å². The van der Waals surface area contributed by atoms with Crippen molar-refractivity contribution in [1.82, 2.24) is 39.6 Å². The Morgan fingerprint density at radius 1 is 0.875 bits per heavy atom. The van der Waals surface area contributed by atoms with Gasteiger partial charge in [0.25, 0.3) is 11.8 Å². The van der Waals surface area contributed by atoms with Crippen LogP contribution in [0.4, 0.5) is 23.3 Å². The van der Waals surface area contributed by atoms with E-state index in [1.165, 1.54) is 0 Å². The number of carbonyl (C=O) groups is 4. The molecule has 8 rings (SSSR count). The van der Waals surface area contributed by atoms with E-state index in [4.69, 9.17) is 19.4 Å². The van der Waals surface area contributed by atoms with E-state index < -0.39 is 29.7 Å². The Hall–Kier alpha value is -5.52. The van der Waals surface area contributed by atoms with Crippen molar-refractivity contribution in [3.63, 3.8) is 0 Å². The molecule has 3 saturated heterocycles. The molecule has 0 aliphatic carbocycles. The average Bonchev–Trinajstić information content (AvgIpc) is 3.69. The minimum absolute atomic E-state index is 0.0870. The van der Waals surface area contributed by atoms with Crippen LogP contribution in [-0.2, 0) is 25.7 Å². The Morgan fingerprint density at radius 2 is 1.66 bits per heavy atom. The fourth-order valence-electron chi connectivity index (χ4n) is 8.03. The van der Waals surface area contributed by atoms with Crippen molar-refractivity contribution in [3.05, 3.63) is 59.7 Å². The minimum Gasteiger partial charge on any atom is -0.381 e. The third-order valence-electron chi connectivity index (χ3n) is 11.1. The summed E-state index contributed by atoms with van der Waals surface area (Å²) in [5, 5.41) is 5.59. The van der Waals surface area contributed by atoms with Crippen LogP contribution in [0.2, 0.25) is 0 Å². The van der Waals surface area contributed by atoms with Crippen LogP contribution in [0, 0.1) is 0 Å². The van der Waals surface area contributed by atoms with E-state index >= 15 is 0 Å². The molecule has 4 aliphatic rings. The smallest absolute Gasteiger partial charge is 0.262 e. The molecule has 7 heterocycles. The van der Waals surface area contributed by atoms with E-state index in [-0.39, 0.29) is 36.1 Å². The van der Waals surface area contributed by atoms with E-state index in [9.17, 15) is 19.2 Å². The largest absolute Gasteiger partial charge is 0.381 e. The van der Waals surface area contributed by atoms with Gasteiger partial charge in [-0.1, -0.05) is 0 Å². The lowest BCUT2D eigenvalue weighted by atomic mass is 10.0. The molecule has 17 heteroatoms. The maximum absolute atomic E-state index is 13.3. The van der Waals surface area contributed by atoms with Crippen molar-refractivity contribution in [3.8, 4) is 0 Å². The zero-order valence-electron chi connectivity index (χ0n) is 31.9. The summed E-state index contributed by atoms with van der Waals surface area (Å²) in [4.78, 5) is 76.9. The molecular weight excluding hydrogens is 718 g/mol. The predicted molar refractivity (Wildman–Crippen MR) is 207 cm³/mol. The van der Waals surface area contributed by atoms with E-state index in [1.807, 2.05) is 18.2 Å². The second kappa shape index (κ2) is 15.9. The molecule has 4 amide bonds. The van der Waals surface area contributed by atoms with Crippen molar-refractivity contribution in [1.29, 1.82) is 0 Å². The highest BCUT2D eigenvalue weighted by atomic mass is 16.5. The fraction of sp³-hybridized carbons (Fsp3) is 0.487. The number of fused-ring (bicyclic) bond motifs is 2. The number of methoxy groups -OCH3 is 1. The highest BCUT2D eigenvalue weighted by Gasteiger charge is 2.44. The van der Waals surface area contributed by atoms with E-state index in [1.54, 1.807) is 31.6 Å². The van der Waals surface area contributed by atoms with Gasteiger partial charge in [0.1, 0.15) is 35.6 Å². The monoisotopic (exact) mass is 765 g/mol. The van der Waals surface area contributed by atoms with Gasteiger partial charge in [-0.25, -0.2) is 15.0 Å². The van der Waals surface area contributed by atoms with Gasteiger partial charge in [-0.05, 0) is 57.4 Å².